The van der Waals surface area contributed by atoms with Crippen molar-refractivity contribution in [3.05, 3.63) is 0 Å². The van der Waals surface area contributed by atoms with E-state index in [4.69, 9.17) is 10.6 Å². The van der Waals surface area contributed by atoms with Gasteiger partial charge in [-0.05, 0) is 12.5 Å². The molecule has 0 aliphatic carbocycles. The molecular weight excluding hydrogens is 144 g/mol. The van der Waals surface area contributed by atoms with Crippen LogP contribution in [-0.2, 0) is 9.63 Å². The second kappa shape index (κ2) is 3.69. The number of hydrogen-bond acceptors (Lipinski definition) is 4. The van der Waals surface area contributed by atoms with E-state index >= 15 is 0 Å². The highest BCUT2D eigenvalue weighted by Crippen LogP contribution is 2.08. The molecule has 1 aliphatic rings. The zero-order valence-electron chi connectivity index (χ0n) is 6.75. The van der Waals surface area contributed by atoms with Gasteiger partial charge in [0.25, 0.3) is 0 Å². The van der Waals surface area contributed by atoms with Gasteiger partial charge in [0.1, 0.15) is 0 Å². The molecule has 1 rings (SSSR count). The first-order valence-electron chi connectivity index (χ1n) is 3.88. The Morgan fingerprint density at radius 3 is 3.00 bits per heavy atom. The number of rotatable bonds is 3. The van der Waals surface area contributed by atoms with Gasteiger partial charge in [0.15, 0.2) is 0 Å². The van der Waals surface area contributed by atoms with Crippen molar-refractivity contribution in [2.45, 2.75) is 13.3 Å². The smallest absolute Gasteiger partial charge is 0.326 e. The van der Waals surface area contributed by atoms with Crippen LogP contribution >= 0.6 is 0 Å². The highest BCUT2D eigenvalue weighted by molar-refractivity contribution is 5.70. The maximum absolute atomic E-state index is 10.6. The van der Waals surface area contributed by atoms with E-state index in [-0.39, 0.29) is 5.97 Å². The Labute approximate surface area is 66.3 Å². The molecule has 0 spiro atoms. The molecular formula is C7H14N2O2. The van der Waals surface area contributed by atoms with E-state index in [1.807, 2.05) is 6.92 Å². The van der Waals surface area contributed by atoms with Gasteiger partial charge in [-0.3, -0.25) is 4.79 Å². The Hall–Kier alpha value is -0.610. The van der Waals surface area contributed by atoms with E-state index in [1.54, 1.807) is 5.06 Å². The van der Waals surface area contributed by atoms with E-state index in [2.05, 4.69) is 0 Å². The first-order valence-corrected chi connectivity index (χ1v) is 3.88. The van der Waals surface area contributed by atoms with Crippen LogP contribution in [-0.4, -0.2) is 30.7 Å². The maximum atomic E-state index is 10.6. The Kier molecular flexibility index (Phi) is 2.84. The lowest BCUT2D eigenvalue weighted by molar-refractivity contribution is -0.171. The minimum Gasteiger partial charge on any atom is -0.368 e. The van der Waals surface area contributed by atoms with Crippen molar-refractivity contribution in [3.8, 4) is 0 Å². The van der Waals surface area contributed by atoms with Gasteiger partial charge >= 0.3 is 5.97 Å². The summed E-state index contributed by atoms with van der Waals surface area (Å²) in [7, 11) is 0. The molecule has 0 bridgehead atoms. The van der Waals surface area contributed by atoms with Crippen LogP contribution in [0.3, 0.4) is 0 Å². The lowest BCUT2D eigenvalue weighted by Gasteiger charge is -2.16. The number of hydrogen-bond donors (Lipinski definition) is 1. The van der Waals surface area contributed by atoms with Crippen molar-refractivity contribution in [2.75, 3.05) is 19.6 Å². The lowest BCUT2D eigenvalue weighted by atomic mass is 10.2. The molecule has 0 saturated carbocycles. The Balaban J connectivity index is 2.22. The van der Waals surface area contributed by atoms with Crippen molar-refractivity contribution in [3.63, 3.8) is 0 Å². The van der Waals surface area contributed by atoms with Gasteiger partial charge in [0.05, 0.1) is 6.42 Å². The summed E-state index contributed by atoms with van der Waals surface area (Å²) in [6, 6.07) is 0. The molecule has 0 aromatic rings. The third kappa shape index (κ3) is 2.48. The van der Waals surface area contributed by atoms with Crippen molar-refractivity contribution in [1.29, 1.82) is 0 Å². The summed E-state index contributed by atoms with van der Waals surface area (Å²) in [6.45, 7) is 4.13. The van der Waals surface area contributed by atoms with Crippen LogP contribution in [0.4, 0.5) is 0 Å². The summed E-state index contributed by atoms with van der Waals surface area (Å²) < 4.78 is 0. The normalized spacial score (nSPS) is 21.8. The Morgan fingerprint density at radius 2 is 2.55 bits per heavy atom. The minimum atomic E-state index is -0.130. The molecule has 0 aromatic carbocycles. The molecule has 0 radical (unpaired) electrons. The first-order chi connectivity index (χ1) is 5.22. The second-order valence-electron chi connectivity index (χ2n) is 2.94. The van der Waals surface area contributed by atoms with Crippen LogP contribution in [0.2, 0.25) is 0 Å². The maximum Gasteiger partial charge on any atom is 0.326 e. The molecule has 1 heterocycles. The summed E-state index contributed by atoms with van der Waals surface area (Å²) in [4.78, 5) is 15.5. The SMILES string of the molecule is CC(CN)CN1CCC(=O)O1. The summed E-state index contributed by atoms with van der Waals surface area (Å²) in [6.07, 6.45) is 0.511. The summed E-state index contributed by atoms with van der Waals surface area (Å²) in [5.74, 6) is 0.259. The minimum absolute atomic E-state index is 0.130. The summed E-state index contributed by atoms with van der Waals surface area (Å²) in [5.41, 5.74) is 5.42. The fourth-order valence-corrected chi connectivity index (χ4v) is 1.00. The molecule has 1 saturated heterocycles. The van der Waals surface area contributed by atoms with Gasteiger partial charge in [0, 0.05) is 13.1 Å². The molecule has 1 unspecified atom stereocenters. The zero-order valence-corrected chi connectivity index (χ0v) is 6.75. The number of carbonyl (C=O) groups excluding carboxylic acids is 1. The van der Waals surface area contributed by atoms with Crippen molar-refractivity contribution in [2.24, 2.45) is 11.7 Å². The molecule has 0 aromatic heterocycles. The van der Waals surface area contributed by atoms with Gasteiger partial charge in [-0.25, -0.2) is 0 Å². The van der Waals surface area contributed by atoms with Gasteiger partial charge in [-0.2, -0.15) is 0 Å². The molecule has 4 heteroatoms. The number of carbonyl (C=O) groups is 1. The molecule has 4 nitrogen and oxygen atoms in total. The zero-order chi connectivity index (χ0) is 8.27. The van der Waals surface area contributed by atoms with Crippen LogP contribution in [0.25, 0.3) is 0 Å². The Morgan fingerprint density at radius 1 is 1.82 bits per heavy atom. The summed E-state index contributed by atoms with van der Waals surface area (Å²) >= 11 is 0. The molecule has 0 amide bonds. The van der Waals surface area contributed by atoms with Crippen LogP contribution in [0.1, 0.15) is 13.3 Å². The van der Waals surface area contributed by atoms with E-state index < -0.39 is 0 Å². The van der Waals surface area contributed by atoms with Crippen molar-refractivity contribution >= 4 is 5.97 Å². The van der Waals surface area contributed by atoms with Gasteiger partial charge in [-0.1, -0.05) is 6.92 Å². The van der Waals surface area contributed by atoms with Gasteiger partial charge < -0.3 is 10.6 Å². The number of nitrogens with zero attached hydrogens (tertiary/aromatic N) is 1. The van der Waals surface area contributed by atoms with Crippen molar-refractivity contribution < 1.29 is 9.63 Å². The van der Waals surface area contributed by atoms with Crippen LogP contribution in [0.5, 0.6) is 0 Å². The van der Waals surface area contributed by atoms with E-state index in [0.717, 1.165) is 6.54 Å². The molecule has 1 fully saturated rings. The molecule has 64 valence electrons. The highest BCUT2D eigenvalue weighted by Gasteiger charge is 2.21. The summed E-state index contributed by atoms with van der Waals surface area (Å²) in [5, 5.41) is 1.68. The largest absolute Gasteiger partial charge is 0.368 e. The lowest BCUT2D eigenvalue weighted by Crippen LogP contribution is -2.28. The fourth-order valence-electron chi connectivity index (χ4n) is 1.00. The average molecular weight is 158 g/mol. The van der Waals surface area contributed by atoms with Gasteiger partial charge in [0.2, 0.25) is 0 Å². The first kappa shape index (κ1) is 8.49. The van der Waals surface area contributed by atoms with Crippen LogP contribution in [0, 0.1) is 5.92 Å². The topological polar surface area (TPSA) is 55.6 Å². The fraction of sp³-hybridized carbons (Fsp3) is 0.857. The highest BCUT2D eigenvalue weighted by atomic mass is 16.7. The van der Waals surface area contributed by atoms with Crippen LogP contribution < -0.4 is 5.73 Å². The Bertz CT molecular complexity index is 149. The quantitative estimate of drug-likeness (QED) is 0.615. The van der Waals surface area contributed by atoms with Crippen LogP contribution in [0.15, 0.2) is 0 Å². The standard InChI is InChI=1S/C7H14N2O2/c1-6(4-8)5-9-3-2-7(10)11-9/h6H,2-5,8H2,1H3. The number of nitrogens with two attached hydrogens (primary N) is 1. The second-order valence-corrected chi connectivity index (χ2v) is 2.94. The van der Waals surface area contributed by atoms with Gasteiger partial charge in [-0.15, -0.1) is 5.06 Å². The van der Waals surface area contributed by atoms with E-state index in [1.165, 1.54) is 0 Å². The van der Waals surface area contributed by atoms with Crippen molar-refractivity contribution in [1.82, 2.24) is 5.06 Å². The molecule has 2 N–H and O–H groups in total. The predicted molar refractivity (Wildman–Crippen MR) is 40.5 cm³/mol. The predicted octanol–water partition coefficient (Wildman–Crippen LogP) is -0.255. The van der Waals surface area contributed by atoms with E-state index in [9.17, 15) is 4.79 Å². The molecule has 1 atom stereocenters. The molecule has 11 heavy (non-hydrogen) atoms. The molecule has 1 aliphatic heterocycles. The van der Waals surface area contributed by atoms with E-state index in [0.29, 0.717) is 25.4 Å². The third-order valence-corrected chi connectivity index (χ3v) is 1.71. The monoisotopic (exact) mass is 158 g/mol. The third-order valence-electron chi connectivity index (χ3n) is 1.71. The number of hydroxylamine groups is 2. The average Bonchev–Trinajstić information content (AvgIpc) is 2.35.